The highest BCUT2D eigenvalue weighted by atomic mass is 79.9. The lowest BCUT2D eigenvalue weighted by Crippen LogP contribution is -2.21. The Hall–Kier alpha value is -1.10. The van der Waals surface area contributed by atoms with Crippen molar-refractivity contribution < 1.29 is 9.53 Å². The minimum absolute atomic E-state index is 0.103. The third kappa shape index (κ3) is 4.49. The molecule has 1 saturated carbocycles. The molecule has 104 valence electrons. The van der Waals surface area contributed by atoms with Crippen LogP contribution >= 0.6 is 15.9 Å². The molecule has 19 heavy (non-hydrogen) atoms. The monoisotopic (exact) mass is 326 g/mol. The number of amides is 1. The van der Waals surface area contributed by atoms with Crippen molar-refractivity contribution >= 4 is 27.7 Å². The van der Waals surface area contributed by atoms with Crippen LogP contribution in [0.1, 0.15) is 39.0 Å². The molecule has 0 spiro atoms. The molecule has 4 nitrogen and oxygen atoms in total. The van der Waals surface area contributed by atoms with Gasteiger partial charge in [-0.25, -0.2) is 4.98 Å². The van der Waals surface area contributed by atoms with Crippen LogP contribution in [-0.2, 0) is 4.79 Å². The molecule has 1 aromatic rings. The van der Waals surface area contributed by atoms with Gasteiger partial charge in [-0.15, -0.1) is 0 Å². The van der Waals surface area contributed by atoms with Gasteiger partial charge in [-0.2, -0.15) is 0 Å². The molecule has 1 aromatic heterocycles. The number of rotatable bonds is 4. The van der Waals surface area contributed by atoms with E-state index in [0.29, 0.717) is 11.9 Å². The van der Waals surface area contributed by atoms with Crippen LogP contribution in [-0.4, -0.2) is 21.8 Å². The fourth-order valence-corrected chi connectivity index (χ4v) is 2.24. The summed E-state index contributed by atoms with van der Waals surface area (Å²) in [6.45, 7) is 1.77. The zero-order chi connectivity index (χ0) is 13.7. The van der Waals surface area contributed by atoms with E-state index in [9.17, 15) is 4.79 Å². The van der Waals surface area contributed by atoms with Gasteiger partial charge in [0.15, 0.2) is 0 Å². The number of halogens is 1. The highest BCUT2D eigenvalue weighted by molar-refractivity contribution is 9.10. The second-order valence-corrected chi connectivity index (χ2v) is 6.24. The molecule has 0 saturated heterocycles. The molecule has 0 aromatic carbocycles. The summed E-state index contributed by atoms with van der Waals surface area (Å²) in [6.07, 6.45) is 8.04. The Morgan fingerprint density at radius 3 is 2.74 bits per heavy atom. The van der Waals surface area contributed by atoms with Crippen molar-refractivity contribution in [2.24, 2.45) is 0 Å². The van der Waals surface area contributed by atoms with Crippen molar-refractivity contribution in [2.75, 3.05) is 5.32 Å². The summed E-state index contributed by atoms with van der Waals surface area (Å²) in [5.41, 5.74) is 0. The number of pyridine rings is 1. The Morgan fingerprint density at radius 2 is 2.16 bits per heavy atom. The largest absolute Gasteiger partial charge is 0.489 e. The van der Waals surface area contributed by atoms with E-state index in [4.69, 9.17) is 4.74 Å². The van der Waals surface area contributed by atoms with E-state index in [1.807, 2.05) is 6.07 Å². The molecule has 1 aliphatic carbocycles. The van der Waals surface area contributed by atoms with Crippen LogP contribution in [0, 0.1) is 0 Å². The number of carbonyl (C=O) groups is 1. The maximum Gasteiger partial charge on any atom is 0.239 e. The molecule has 0 aliphatic heterocycles. The Morgan fingerprint density at radius 1 is 1.42 bits per heavy atom. The zero-order valence-corrected chi connectivity index (χ0v) is 12.6. The number of carbonyl (C=O) groups excluding carboxylic acids is 1. The van der Waals surface area contributed by atoms with Gasteiger partial charge >= 0.3 is 0 Å². The number of ether oxygens (including phenoxy) is 1. The van der Waals surface area contributed by atoms with Crippen LogP contribution < -0.4 is 10.1 Å². The van der Waals surface area contributed by atoms with Crippen LogP contribution in [0.5, 0.6) is 5.75 Å². The number of nitrogens with one attached hydrogen (secondary N) is 1. The van der Waals surface area contributed by atoms with Crippen molar-refractivity contribution in [1.29, 1.82) is 0 Å². The van der Waals surface area contributed by atoms with Gasteiger partial charge in [-0.3, -0.25) is 4.79 Å². The topological polar surface area (TPSA) is 51.2 Å². The van der Waals surface area contributed by atoms with Crippen molar-refractivity contribution in [3.63, 3.8) is 0 Å². The molecule has 0 bridgehead atoms. The number of hydrogen-bond acceptors (Lipinski definition) is 3. The fourth-order valence-electron chi connectivity index (χ4n) is 2.13. The summed E-state index contributed by atoms with van der Waals surface area (Å²) in [5.74, 6) is 1.22. The normalized spacial score (nSPS) is 17.8. The first-order valence-corrected chi connectivity index (χ1v) is 7.64. The van der Waals surface area contributed by atoms with Crippen LogP contribution in [0.3, 0.4) is 0 Å². The highest BCUT2D eigenvalue weighted by Crippen LogP contribution is 2.23. The number of hydrogen-bond donors (Lipinski definition) is 1. The van der Waals surface area contributed by atoms with Crippen molar-refractivity contribution in [3.05, 3.63) is 18.3 Å². The Balaban J connectivity index is 1.88. The Labute approximate surface area is 122 Å². The molecular formula is C14H19BrN2O2. The third-order valence-corrected chi connectivity index (χ3v) is 3.62. The molecule has 0 radical (unpaired) electrons. The summed E-state index contributed by atoms with van der Waals surface area (Å²) < 4.78 is 5.88. The van der Waals surface area contributed by atoms with Crippen LogP contribution in [0.2, 0.25) is 0 Å². The van der Waals surface area contributed by atoms with Gasteiger partial charge in [0.05, 0.1) is 17.1 Å². The second-order valence-electron chi connectivity index (χ2n) is 4.86. The number of alkyl halides is 1. The third-order valence-electron chi connectivity index (χ3n) is 3.20. The summed E-state index contributed by atoms with van der Waals surface area (Å²) >= 11 is 3.21. The molecule has 5 heteroatoms. The zero-order valence-electron chi connectivity index (χ0n) is 11.1. The molecule has 1 amide bonds. The SMILES string of the molecule is CC(Br)C(=O)Nc1ccc(OC2CCCCC2)cn1. The van der Waals surface area contributed by atoms with Crippen molar-refractivity contribution in [3.8, 4) is 5.75 Å². The number of nitrogens with zero attached hydrogens (tertiary/aromatic N) is 1. The molecular weight excluding hydrogens is 308 g/mol. The van der Waals surface area contributed by atoms with E-state index >= 15 is 0 Å². The lowest BCUT2D eigenvalue weighted by molar-refractivity contribution is -0.115. The second kappa shape index (κ2) is 6.89. The van der Waals surface area contributed by atoms with Crippen molar-refractivity contribution in [1.82, 2.24) is 4.98 Å². The predicted molar refractivity (Wildman–Crippen MR) is 78.8 cm³/mol. The molecule has 1 atom stereocenters. The maximum atomic E-state index is 11.5. The lowest BCUT2D eigenvalue weighted by atomic mass is 9.98. The molecule has 1 unspecified atom stereocenters. The van der Waals surface area contributed by atoms with Crippen LogP contribution in [0.25, 0.3) is 0 Å². The van der Waals surface area contributed by atoms with E-state index in [1.165, 1.54) is 19.3 Å². The average Bonchev–Trinajstić information content (AvgIpc) is 2.42. The quantitative estimate of drug-likeness (QED) is 0.861. The van der Waals surface area contributed by atoms with Gasteiger partial charge in [0.1, 0.15) is 11.6 Å². The minimum atomic E-state index is -0.229. The van der Waals surface area contributed by atoms with Crippen molar-refractivity contribution in [2.45, 2.75) is 50.0 Å². The lowest BCUT2D eigenvalue weighted by Gasteiger charge is -2.22. The molecule has 1 N–H and O–H groups in total. The molecule has 1 heterocycles. The maximum absolute atomic E-state index is 11.5. The Kier molecular flexibility index (Phi) is 5.19. The summed E-state index contributed by atoms with van der Waals surface area (Å²) in [4.78, 5) is 15.4. The smallest absolute Gasteiger partial charge is 0.239 e. The van der Waals surface area contributed by atoms with Crippen LogP contribution in [0.4, 0.5) is 5.82 Å². The van der Waals surface area contributed by atoms with Gasteiger partial charge in [-0.1, -0.05) is 22.4 Å². The Bertz CT molecular complexity index is 414. The first-order valence-electron chi connectivity index (χ1n) is 6.73. The van der Waals surface area contributed by atoms with Crippen LogP contribution in [0.15, 0.2) is 18.3 Å². The molecule has 2 rings (SSSR count). The first-order chi connectivity index (χ1) is 9.15. The summed E-state index contributed by atoms with van der Waals surface area (Å²) in [6, 6.07) is 3.63. The van der Waals surface area contributed by atoms with Gasteiger partial charge in [-0.05, 0) is 44.7 Å². The number of aromatic nitrogens is 1. The predicted octanol–water partition coefficient (Wildman–Crippen LogP) is 3.52. The van der Waals surface area contributed by atoms with Gasteiger partial charge in [0.2, 0.25) is 5.91 Å². The van der Waals surface area contributed by atoms with Gasteiger partial charge in [0.25, 0.3) is 0 Å². The van der Waals surface area contributed by atoms with E-state index in [2.05, 4.69) is 26.2 Å². The summed E-state index contributed by atoms with van der Waals surface area (Å²) in [5, 5.41) is 2.72. The van der Waals surface area contributed by atoms with E-state index < -0.39 is 0 Å². The number of anilines is 1. The highest BCUT2D eigenvalue weighted by Gasteiger charge is 2.15. The van der Waals surface area contributed by atoms with E-state index in [0.717, 1.165) is 18.6 Å². The molecule has 1 fully saturated rings. The van der Waals surface area contributed by atoms with Gasteiger partial charge in [0, 0.05) is 0 Å². The minimum Gasteiger partial charge on any atom is -0.489 e. The van der Waals surface area contributed by atoms with E-state index in [1.54, 1.807) is 19.2 Å². The average molecular weight is 327 g/mol. The van der Waals surface area contributed by atoms with Gasteiger partial charge < -0.3 is 10.1 Å². The van der Waals surface area contributed by atoms with E-state index in [-0.39, 0.29) is 10.7 Å². The fraction of sp³-hybridized carbons (Fsp3) is 0.571. The standard InChI is InChI=1S/C14H19BrN2O2/c1-10(15)14(18)17-13-8-7-12(9-16-13)19-11-5-3-2-4-6-11/h7-11H,2-6H2,1H3,(H,16,17,18). The molecule has 1 aliphatic rings. The first kappa shape index (κ1) is 14.3. The summed E-state index contributed by atoms with van der Waals surface area (Å²) in [7, 11) is 0.